The number of aromatic nitrogens is 2. The van der Waals surface area contributed by atoms with Crippen molar-refractivity contribution < 1.29 is 17.9 Å². The molecule has 3 rings (SSSR count). The van der Waals surface area contributed by atoms with Crippen LogP contribution < -0.4 is 10.1 Å². The number of ether oxygens (including phenoxy) is 1. The lowest BCUT2D eigenvalue weighted by Crippen LogP contribution is -2.24. The molecule has 0 saturated heterocycles. The molecule has 0 aliphatic heterocycles. The molecule has 0 fully saturated rings. The third-order valence-electron chi connectivity index (χ3n) is 4.57. The molecule has 0 bridgehead atoms. The van der Waals surface area contributed by atoms with Crippen LogP contribution in [0.1, 0.15) is 12.5 Å². The lowest BCUT2D eigenvalue weighted by molar-refractivity contribution is -0.115. The molecule has 1 aromatic heterocycles. The summed E-state index contributed by atoms with van der Waals surface area (Å²) in [5, 5.41) is 2.98. The Kier molecular flexibility index (Phi) is 6.39. The zero-order chi connectivity index (χ0) is 22.1. The normalized spacial score (nSPS) is 12.9. The van der Waals surface area contributed by atoms with Crippen LogP contribution in [0.25, 0.3) is 11.0 Å². The van der Waals surface area contributed by atoms with Gasteiger partial charge in [0.1, 0.15) is 5.75 Å². The van der Waals surface area contributed by atoms with E-state index in [1.165, 1.54) is 38.0 Å². The van der Waals surface area contributed by atoms with E-state index in [9.17, 15) is 13.2 Å². The van der Waals surface area contributed by atoms with Gasteiger partial charge in [-0.25, -0.2) is 17.7 Å². The monoisotopic (exact) mass is 448 g/mol. The van der Waals surface area contributed by atoms with Gasteiger partial charge in [0.25, 0.3) is 0 Å². The Morgan fingerprint density at radius 3 is 2.63 bits per heavy atom. The van der Waals surface area contributed by atoms with Crippen molar-refractivity contribution in [1.82, 2.24) is 14.3 Å². The number of nitrogens with zero attached hydrogens (tertiary/aromatic N) is 2. The molecule has 0 radical (unpaired) electrons. The molecular formula is C20H24N4O4S2. The Labute approximate surface area is 180 Å². The Morgan fingerprint density at radius 1 is 1.23 bits per heavy atom. The van der Waals surface area contributed by atoms with E-state index in [0.717, 1.165) is 26.7 Å². The van der Waals surface area contributed by atoms with Crippen molar-refractivity contribution in [3.05, 3.63) is 42.0 Å². The number of aromatic amines is 1. The van der Waals surface area contributed by atoms with Crippen molar-refractivity contribution in [2.24, 2.45) is 0 Å². The number of methoxy groups -OCH3 is 1. The van der Waals surface area contributed by atoms with E-state index in [4.69, 9.17) is 4.74 Å². The molecule has 3 aromatic rings. The predicted molar refractivity (Wildman–Crippen MR) is 119 cm³/mol. The highest BCUT2D eigenvalue weighted by atomic mass is 32.2. The Balaban J connectivity index is 1.76. The fourth-order valence-electron chi connectivity index (χ4n) is 2.71. The first-order chi connectivity index (χ1) is 14.1. The number of amides is 1. The Morgan fingerprint density at radius 2 is 1.97 bits per heavy atom. The molecule has 1 heterocycles. The lowest BCUT2D eigenvalue weighted by Gasteiger charge is -2.16. The SMILES string of the molecule is COc1ccc2nc(S[C@H](C)C(=O)Nc3cc(S(=O)(=O)N(C)C)ccc3C)[nH]c2c1. The van der Waals surface area contributed by atoms with Crippen molar-refractivity contribution in [3.8, 4) is 5.75 Å². The summed E-state index contributed by atoms with van der Waals surface area (Å²) in [7, 11) is 0.943. The van der Waals surface area contributed by atoms with Gasteiger partial charge in [-0.2, -0.15) is 0 Å². The average molecular weight is 449 g/mol. The third-order valence-corrected chi connectivity index (χ3v) is 7.37. The molecule has 8 nitrogen and oxygen atoms in total. The predicted octanol–water partition coefficient (Wildman–Crippen LogP) is 3.25. The van der Waals surface area contributed by atoms with E-state index in [1.54, 1.807) is 20.1 Å². The van der Waals surface area contributed by atoms with Crippen LogP contribution in [-0.4, -0.2) is 55.1 Å². The van der Waals surface area contributed by atoms with Gasteiger partial charge in [0, 0.05) is 25.8 Å². The van der Waals surface area contributed by atoms with Gasteiger partial charge in [0.15, 0.2) is 5.16 Å². The van der Waals surface area contributed by atoms with Crippen molar-refractivity contribution in [2.45, 2.75) is 29.1 Å². The summed E-state index contributed by atoms with van der Waals surface area (Å²) in [6.07, 6.45) is 0. The number of sulfonamides is 1. The van der Waals surface area contributed by atoms with Crippen molar-refractivity contribution in [1.29, 1.82) is 0 Å². The van der Waals surface area contributed by atoms with Crippen LogP contribution in [0, 0.1) is 6.92 Å². The summed E-state index contributed by atoms with van der Waals surface area (Å²) in [4.78, 5) is 20.5. The van der Waals surface area contributed by atoms with Crippen LogP contribution >= 0.6 is 11.8 Å². The second-order valence-electron chi connectivity index (χ2n) is 6.94. The van der Waals surface area contributed by atoms with E-state index in [2.05, 4.69) is 15.3 Å². The Bertz CT molecular complexity index is 1190. The fourth-order valence-corrected chi connectivity index (χ4v) is 4.46. The molecule has 1 amide bonds. The minimum absolute atomic E-state index is 0.125. The van der Waals surface area contributed by atoms with Crippen LogP contribution in [0.5, 0.6) is 5.75 Å². The number of fused-ring (bicyclic) bond motifs is 1. The highest BCUT2D eigenvalue weighted by Crippen LogP contribution is 2.27. The maximum absolute atomic E-state index is 12.7. The number of carbonyl (C=O) groups excluding carboxylic acids is 1. The third kappa shape index (κ3) is 4.61. The topological polar surface area (TPSA) is 104 Å². The number of thioether (sulfide) groups is 1. The number of hydrogen-bond acceptors (Lipinski definition) is 6. The van der Waals surface area contributed by atoms with Crippen LogP contribution in [0.2, 0.25) is 0 Å². The molecule has 0 spiro atoms. The summed E-state index contributed by atoms with van der Waals surface area (Å²) in [6.45, 7) is 3.58. The number of carbonyl (C=O) groups is 1. The van der Waals surface area contributed by atoms with Crippen molar-refractivity contribution >= 4 is 44.4 Å². The first-order valence-electron chi connectivity index (χ1n) is 9.16. The molecule has 30 heavy (non-hydrogen) atoms. The van der Waals surface area contributed by atoms with E-state index < -0.39 is 15.3 Å². The first kappa shape index (κ1) is 22.1. The molecular weight excluding hydrogens is 424 g/mol. The number of hydrogen-bond donors (Lipinski definition) is 2. The molecule has 2 N–H and O–H groups in total. The van der Waals surface area contributed by atoms with Crippen LogP contribution in [0.3, 0.4) is 0 Å². The maximum Gasteiger partial charge on any atom is 0.242 e. The van der Waals surface area contributed by atoms with Gasteiger partial charge in [-0.05, 0) is 43.7 Å². The molecule has 0 aliphatic carbocycles. The van der Waals surface area contributed by atoms with E-state index in [0.29, 0.717) is 10.8 Å². The summed E-state index contributed by atoms with van der Waals surface area (Å²) in [5.41, 5.74) is 2.84. The number of rotatable bonds is 7. The lowest BCUT2D eigenvalue weighted by atomic mass is 10.2. The zero-order valence-corrected chi connectivity index (χ0v) is 19.0. The van der Waals surface area contributed by atoms with E-state index in [1.807, 2.05) is 25.1 Å². The quantitative estimate of drug-likeness (QED) is 0.538. The van der Waals surface area contributed by atoms with Crippen molar-refractivity contribution in [2.75, 3.05) is 26.5 Å². The van der Waals surface area contributed by atoms with Crippen LogP contribution in [0.4, 0.5) is 5.69 Å². The fraction of sp³-hybridized carbons (Fsp3) is 0.300. The molecule has 0 unspecified atom stereocenters. The number of anilines is 1. The van der Waals surface area contributed by atoms with Crippen LogP contribution in [0.15, 0.2) is 46.5 Å². The van der Waals surface area contributed by atoms with E-state index >= 15 is 0 Å². The van der Waals surface area contributed by atoms with Gasteiger partial charge in [-0.3, -0.25) is 4.79 Å². The summed E-state index contributed by atoms with van der Waals surface area (Å²) in [5.74, 6) is 0.470. The highest BCUT2D eigenvalue weighted by molar-refractivity contribution is 8.00. The number of imidazole rings is 1. The van der Waals surface area contributed by atoms with Gasteiger partial charge in [0.2, 0.25) is 15.9 Å². The summed E-state index contributed by atoms with van der Waals surface area (Å²) < 4.78 is 31.1. The molecule has 0 saturated carbocycles. The van der Waals surface area contributed by atoms with Gasteiger partial charge in [-0.1, -0.05) is 17.8 Å². The first-order valence-corrected chi connectivity index (χ1v) is 11.5. The number of benzene rings is 2. The van der Waals surface area contributed by atoms with Gasteiger partial charge >= 0.3 is 0 Å². The second-order valence-corrected chi connectivity index (χ2v) is 10.4. The number of nitrogens with one attached hydrogen (secondary N) is 2. The minimum atomic E-state index is -3.59. The second kappa shape index (κ2) is 8.66. The Hall–Kier alpha value is -2.56. The van der Waals surface area contributed by atoms with Crippen molar-refractivity contribution in [3.63, 3.8) is 0 Å². The molecule has 10 heteroatoms. The van der Waals surface area contributed by atoms with E-state index in [-0.39, 0.29) is 10.8 Å². The number of H-pyrrole nitrogens is 1. The van der Waals surface area contributed by atoms with Gasteiger partial charge in [0.05, 0.1) is 28.3 Å². The molecule has 0 aliphatic rings. The highest BCUT2D eigenvalue weighted by Gasteiger charge is 2.21. The maximum atomic E-state index is 12.7. The zero-order valence-electron chi connectivity index (χ0n) is 17.4. The minimum Gasteiger partial charge on any atom is -0.497 e. The largest absolute Gasteiger partial charge is 0.497 e. The van der Waals surface area contributed by atoms with Crippen LogP contribution in [-0.2, 0) is 14.8 Å². The summed E-state index contributed by atoms with van der Waals surface area (Å²) >= 11 is 1.28. The molecule has 1 atom stereocenters. The van der Waals surface area contributed by atoms with Gasteiger partial charge < -0.3 is 15.0 Å². The smallest absolute Gasteiger partial charge is 0.242 e. The molecule has 2 aromatic carbocycles. The number of aryl methyl sites for hydroxylation is 1. The average Bonchev–Trinajstić information content (AvgIpc) is 3.10. The van der Waals surface area contributed by atoms with Gasteiger partial charge in [-0.15, -0.1) is 0 Å². The molecule has 160 valence electrons. The summed E-state index contributed by atoms with van der Waals surface area (Å²) in [6, 6.07) is 10.2. The standard InChI is InChI=1S/C20H24N4O4S2/c1-12-6-8-15(30(26,27)24(3)4)11-17(12)21-19(25)13(2)29-20-22-16-9-7-14(28-5)10-18(16)23-20/h6-11,13H,1-5H3,(H,21,25)(H,22,23)/t13-/m1/s1.